The summed E-state index contributed by atoms with van der Waals surface area (Å²) in [7, 11) is 0. The van der Waals surface area contributed by atoms with Crippen LogP contribution in [0.5, 0.6) is 0 Å². The maximum Gasteiger partial charge on any atom is 0.360 e. The second-order valence-electron chi connectivity index (χ2n) is 3.94. The summed E-state index contributed by atoms with van der Waals surface area (Å²) in [5, 5.41) is 7.57. The Hall–Kier alpha value is -1.92. The minimum absolute atomic E-state index is 0.0573. The minimum Gasteiger partial charge on any atom is -0.461 e. The Bertz CT molecular complexity index is 450. The van der Waals surface area contributed by atoms with Crippen LogP contribution >= 0.6 is 0 Å². The van der Waals surface area contributed by atoms with E-state index in [9.17, 15) is 9.59 Å². The van der Waals surface area contributed by atoms with Crippen molar-refractivity contribution in [2.45, 2.75) is 32.2 Å². The van der Waals surface area contributed by atoms with Gasteiger partial charge in [-0.2, -0.15) is 0 Å². The van der Waals surface area contributed by atoms with Crippen LogP contribution in [0.2, 0.25) is 0 Å². The topological polar surface area (TPSA) is 100 Å². The number of ether oxygens (including phenoxy) is 1. The molecule has 7 heteroatoms. The largest absolute Gasteiger partial charge is 0.461 e. The fourth-order valence-corrected chi connectivity index (χ4v) is 1.69. The van der Waals surface area contributed by atoms with E-state index in [1.807, 2.05) is 0 Å². The first-order chi connectivity index (χ1) is 8.13. The number of nitrogens with zero attached hydrogens (tertiary/aromatic N) is 3. The lowest BCUT2D eigenvalue weighted by molar-refractivity contribution is -0.118. The second kappa shape index (κ2) is 4.52. The summed E-state index contributed by atoms with van der Waals surface area (Å²) in [6, 6.07) is 0. The van der Waals surface area contributed by atoms with E-state index in [0.29, 0.717) is 5.69 Å². The molecule has 2 rings (SSSR count). The first kappa shape index (κ1) is 11.6. The predicted molar refractivity (Wildman–Crippen MR) is 57.1 cm³/mol. The van der Waals surface area contributed by atoms with Gasteiger partial charge in [0, 0.05) is 5.92 Å². The number of rotatable bonds is 5. The van der Waals surface area contributed by atoms with Crippen LogP contribution in [0.1, 0.15) is 41.9 Å². The summed E-state index contributed by atoms with van der Waals surface area (Å²) in [6.45, 7) is 1.95. The van der Waals surface area contributed by atoms with Gasteiger partial charge in [0.1, 0.15) is 6.54 Å². The maximum absolute atomic E-state index is 11.6. The fourth-order valence-electron chi connectivity index (χ4n) is 1.69. The van der Waals surface area contributed by atoms with Gasteiger partial charge in [-0.05, 0) is 19.8 Å². The third kappa shape index (κ3) is 2.43. The van der Waals surface area contributed by atoms with Crippen LogP contribution in [0.15, 0.2) is 0 Å². The summed E-state index contributed by atoms with van der Waals surface area (Å²) < 4.78 is 6.29. The van der Waals surface area contributed by atoms with Gasteiger partial charge in [-0.1, -0.05) is 5.21 Å². The molecule has 1 aliphatic rings. The van der Waals surface area contributed by atoms with Crippen molar-refractivity contribution in [3.8, 4) is 0 Å². The number of amides is 1. The van der Waals surface area contributed by atoms with E-state index in [-0.39, 0.29) is 24.8 Å². The summed E-state index contributed by atoms with van der Waals surface area (Å²) >= 11 is 0. The molecule has 1 aliphatic carbocycles. The molecule has 92 valence electrons. The smallest absolute Gasteiger partial charge is 0.360 e. The van der Waals surface area contributed by atoms with Crippen molar-refractivity contribution >= 4 is 11.9 Å². The lowest BCUT2D eigenvalue weighted by Gasteiger charge is -2.04. The Balaban J connectivity index is 2.29. The third-order valence-corrected chi connectivity index (χ3v) is 2.51. The maximum atomic E-state index is 11.6. The molecular formula is C10H14N4O3. The first-order valence-electron chi connectivity index (χ1n) is 5.52. The number of nitrogens with two attached hydrogens (primary N) is 1. The van der Waals surface area contributed by atoms with E-state index in [2.05, 4.69) is 10.3 Å². The number of aromatic nitrogens is 3. The zero-order valence-corrected chi connectivity index (χ0v) is 9.55. The summed E-state index contributed by atoms with van der Waals surface area (Å²) in [5.41, 5.74) is 5.99. The number of primary amides is 1. The Morgan fingerprint density at radius 1 is 1.53 bits per heavy atom. The predicted octanol–water partition coefficient (Wildman–Crippen LogP) is -0.183. The molecule has 1 aromatic rings. The molecule has 1 saturated carbocycles. The van der Waals surface area contributed by atoms with E-state index in [1.54, 1.807) is 6.92 Å². The zero-order valence-electron chi connectivity index (χ0n) is 9.55. The van der Waals surface area contributed by atoms with Gasteiger partial charge in [-0.25, -0.2) is 9.48 Å². The molecule has 17 heavy (non-hydrogen) atoms. The SMILES string of the molecule is CCOC(=O)c1nnn(CC(N)=O)c1C1CC1. The lowest BCUT2D eigenvalue weighted by Crippen LogP contribution is -2.21. The quantitative estimate of drug-likeness (QED) is 0.717. The molecule has 0 unspecified atom stereocenters. The highest BCUT2D eigenvalue weighted by atomic mass is 16.5. The highest BCUT2D eigenvalue weighted by molar-refractivity contribution is 5.88. The number of carbonyl (C=O) groups is 2. The number of hydrogen-bond donors (Lipinski definition) is 1. The molecule has 0 atom stereocenters. The monoisotopic (exact) mass is 238 g/mol. The van der Waals surface area contributed by atoms with Crippen molar-refractivity contribution in [1.29, 1.82) is 0 Å². The van der Waals surface area contributed by atoms with E-state index in [0.717, 1.165) is 12.8 Å². The van der Waals surface area contributed by atoms with Gasteiger partial charge in [0.15, 0.2) is 5.69 Å². The fraction of sp³-hybridized carbons (Fsp3) is 0.600. The normalized spacial score (nSPS) is 14.6. The van der Waals surface area contributed by atoms with E-state index in [4.69, 9.17) is 10.5 Å². The number of carbonyl (C=O) groups excluding carboxylic acids is 2. The van der Waals surface area contributed by atoms with Gasteiger partial charge >= 0.3 is 5.97 Å². The molecule has 0 aromatic carbocycles. The molecular weight excluding hydrogens is 224 g/mol. The molecule has 7 nitrogen and oxygen atoms in total. The van der Waals surface area contributed by atoms with Gasteiger partial charge in [0.25, 0.3) is 0 Å². The van der Waals surface area contributed by atoms with Crippen LogP contribution in [0, 0.1) is 0 Å². The van der Waals surface area contributed by atoms with Crippen molar-refractivity contribution in [3.05, 3.63) is 11.4 Å². The standard InChI is InChI=1S/C10H14N4O3/c1-2-17-10(16)8-9(6-3-4-6)14(13-12-8)5-7(11)15/h6H,2-5H2,1H3,(H2,11,15). The molecule has 1 amide bonds. The van der Waals surface area contributed by atoms with E-state index in [1.165, 1.54) is 4.68 Å². The average molecular weight is 238 g/mol. The van der Waals surface area contributed by atoms with Crippen LogP contribution in [-0.2, 0) is 16.1 Å². The first-order valence-corrected chi connectivity index (χ1v) is 5.52. The lowest BCUT2D eigenvalue weighted by atomic mass is 10.2. The highest BCUT2D eigenvalue weighted by Crippen LogP contribution is 2.41. The van der Waals surface area contributed by atoms with Crippen LogP contribution in [0.25, 0.3) is 0 Å². The molecule has 0 radical (unpaired) electrons. The highest BCUT2D eigenvalue weighted by Gasteiger charge is 2.34. The van der Waals surface area contributed by atoms with Crippen LogP contribution in [0.3, 0.4) is 0 Å². The number of hydrogen-bond acceptors (Lipinski definition) is 5. The van der Waals surface area contributed by atoms with Crippen molar-refractivity contribution < 1.29 is 14.3 Å². The Morgan fingerprint density at radius 2 is 2.24 bits per heavy atom. The van der Waals surface area contributed by atoms with Gasteiger partial charge in [0.05, 0.1) is 12.3 Å². The molecule has 1 heterocycles. The zero-order chi connectivity index (χ0) is 12.4. The molecule has 0 bridgehead atoms. The van der Waals surface area contributed by atoms with Crippen molar-refractivity contribution in [2.75, 3.05) is 6.61 Å². The summed E-state index contributed by atoms with van der Waals surface area (Å²) in [5.74, 6) is -0.763. The molecule has 1 fully saturated rings. The Labute approximate surface area is 97.9 Å². The molecule has 0 aliphatic heterocycles. The van der Waals surface area contributed by atoms with E-state index >= 15 is 0 Å². The molecule has 0 saturated heterocycles. The van der Waals surface area contributed by atoms with E-state index < -0.39 is 11.9 Å². The van der Waals surface area contributed by atoms with Crippen LogP contribution in [0.4, 0.5) is 0 Å². The van der Waals surface area contributed by atoms with Gasteiger partial charge in [-0.3, -0.25) is 4.79 Å². The molecule has 2 N–H and O–H groups in total. The van der Waals surface area contributed by atoms with Gasteiger partial charge in [0.2, 0.25) is 5.91 Å². The Morgan fingerprint density at radius 3 is 2.76 bits per heavy atom. The minimum atomic E-state index is -0.507. The van der Waals surface area contributed by atoms with Gasteiger partial charge < -0.3 is 10.5 Å². The molecule has 0 spiro atoms. The Kier molecular flexibility index (Phi) is 3.08. The van der Waals surface area contributed by atoms with Crippen LogP contribution < -0.4 is 5.73 Å². The van der Waals surface area contributed by atoms with Gasteiger partial charge in [-0.15, -0.1) is 5.10 Å². The number of esters is 1. The van der Waals surface area contributed by atoms with Crippen molar-refractivity contribution in [3.63, 3.8) is 0 Å². The molecule has 1 aromatic heterocycles. The van der Waals surface area contributed by atoms with Crippen molar-refractivity contribution in [2.24, 2.45) is 5.73 Å². The van der Waals surface area contributed by atoms with Crippen LogP contribution in [-0.4, -0.2) is 33.5 Å². The summed E-state index contributed by atoms with van der Waals surface area (Å²) in [6.07, 6.45) is 1.94. The second-order valence-corrected chi connectivity index (χ2v) is 3.94. The average Bonchev–Trinajstić information content (AvgIpc) is 3.00. The summed E-state index contributed by atoms with van der Waals surface area (Å²) in [4.78, 5) is 22.5. The third-order valence-electron chi connectivity index (χ3n) is 2.51. The van der Waals surface area contributed by atoms with Crippen molar-refractivity contribution in [1.82, 2.24) is 15.0 Å².